The molecule has 1 rings (SSSR count). The highest BCUT2D eigenvalue weighted by molar-refractivity contribution is 4.83. The number of allylic oxidation sites excluding steroid dienone is 1. The fraction of sp³-hybridized carbons (Fsp3) is 0.846. The van der Waals surface area contributed by atoms with Crippen LogP contribution in [0.1, 0.15) is 51.9 Å². The van der Waals surface area contributed by atoms with E-state index in [1.54, 1.807) is 0 Å². The van der Waals surface area contributed by atoms with Crippen molar-refractivity contribution in [3.63, 3.8) is 0 Å². The lowest BCUT2D eigenvalue weighted by Gasteiger charge is -2.27. The largest absolute Gasteiger partial charge is 0.379 e. The molecular weight excluding hydrogens is 172 g/mol. The van der Waals surface area contributed by atoms with E-state index in [4.69, 9.17) is 4.74 Å². The molecule has 1 heteroatoms. The maximum atomic E-state index is 5.61. The van der Waals surface area contributed by atoms with Gasteiger partial charge in [0.2, 0.25) is 0 Å². The van der Waals surface area contributed by atoms with E-state index in [9.17, 15) is 0 Å². The fourth-order valence-corrected chi connectivity index (χ4v) is 2.35. The van der Waals surface area contributed by atoms with Crippen LogP contribution < -0.4 is 0 Å². The molecule has 1 fully saturated rings. The third-order valence-electron chi connectivity index (χ3n) is 3.64. The molecule has 0 aliphatic heterocycles. The lowest BCUT2D eigenvalue weighted by molar-refractivity contribution is -0.0108. The fourth-order valence-electron chi connectivity index (χ4n) is 2.35. The van der Waals surface area contributed by atoms with Crippen molar-refractivity contribution < 1.29 is 4.74 Å². The quantitative estimate of drug-likeness (QED) is 0.608. The van der Waals surface area contributed by atoms with E-state index in [0.717, 1.165) is 5.92 Å². The maximum absolute atomic E-state index is 5.61. The molecule has 1 nitrogen and oxygen atoms in total. The Balaban J connectivity index is 2.47. The van der Waals surface area contributed by atoms with Crippen LogP contribution in [-0.2, 0) is 4.74 Å². The van der Waals surface area contributed by atoms with Crippen molar-refractivity contribution in [2.45, 2.75) is 57.5 Å². The second-order valence-electron chi connectivity index (χ2n) is 4.79. The Bertz CT molecular complexity index is 176. The standard InChI is InChI=1S/C13H24O/c1-4-12-8-5-6-10-13(2,14-3)11-7-9-12/h4,12H,1,5-11H2,2-3H3. The molecule has 82 valence electrons. The Hall–Kier alpha value is -0.300. The van der Waals surface area contributed by atoms with Crippen molar-refractivity contribution in [3.05, 3.63) is 12.7 Å². The highest BCUT2D eigenvalue weighted by Crippen LogP contribution is 2.30. The lowest BCUT2D eigenvalue weighted by Crippen LogP contribution is -2.26. The highest BCUT2D eigenvalue weighted by atomic mass is 16.5. The van der Waals surface area contributed by atoms with Gasteiger partial charge >= 0.3 is 0 Å². The predicted molar refractivity (Wildman–Crippen MR) is 61.4 cm³/mol. The minimum atomic E-state index is 0.135. The Morgan fingerprint density at radius 2 is 1.86 bits per heavy atom. The molecule has 0 amide bonds. The molecule has 0 saturated heterocycles. The number of ether oxygens (including phenoxy) is 1. The average molecular weight is 196 g/mol. The minimum absolute atomic E-state index is 0.135. The van der Waals surface area contributed by atoms with Crippen LogP contribution in [0.4, 0.5) is 0 Å². The first-order valence-corrected chi connectivity index (χ1v) is 5.88. The minimum Gasteiger partial charge on any atom is -0.379 e. The molecule has 0 bridgehead atoms. The van der Waals surface area contributed by atoms with E-state index >= 15 is 0 Å². The monoisotopic (exact) mass is 196 g/mol. The van der Waals surface area contributed by atoms with Gasteiger partial charge < -0.3 is 4.74 Å². The van der Waals surface area contributed by atoms with Gasteiger partial charge in [-0.2, -0.15) is 0 Å². The third kappa shape index (κ3) is 3.45. The number of rotatable bonds is 2. The predicted octanol–water partition coefficient (Wildman–Crippen LogP) is 3.94. The lowest BCUT2D eigenvalue weighted by atomic mass is 9.93. The Morgan fingerprint density at radius 3 is 2.50 bits per heavy atom. The summed E-state index contributed by atoms with van der Waals surface area (Å²) < 4.78 is 5.61. The van der Waals surface area contributed by atoms with E-state index in [-0.39, 0.29) is 5.60 Å². The number of hydrogen-bond donors (Lipinski definition) is 0. The molecule has 2 unspecified atom stereocenters. The van der Waals surface area contributed by atoms with Crippen LogP contribution in [0.3, 0.4) is 0 Å². The van der Waals surface area contributed by atoms with Crippen LogP contribution >= 0.6 is 0 Å². The highest BCUT2D eigenvalue weighted by Gasteiger charge is 2.24. The molecule has 0 aromatic rings. The molecule has 0 N–H and O–H groups in total. The van der Waals surface area contributed by atoms with E-state index in [1.165, 1.54) is 44.9 Å². The van der Waals surface area contributed by atoms with Crippen LogP contribution in [0, 0.1) is 5.92 Å². The second kappa shape index (κ2) is 5.55. The zero-order valence-electron chi connectivity index (χ0n) is 9.72. The Kier molecular flexibility index (Phi) is 4.67. The molecule has 14 heavy (non-hydrogen) atoms. The summed E-state index contributed by atoms with van der Waals surface area (Å²) >= 11 is 0. The second-order valence-corrected chi connectivity index (χ2v) is 4.79. The summed E-state index contributed by atoms with van der Waals surface area (Å²) in [7, 11) is 1.85. The summed E-state index contributed by atoms with van der Waals surface area (Å²) in [6, 6.07) is 0. The van der Waals surface area contributed by atoms with Crippen LogP contribution in [0.15, 0.2) is 12.7 Å². The van der Waals surface area contributed by atoms with Gasteiger partial charge in [-0.05, 0) is 38.5 Å². The van der Waals surface area contributed by atoms with Crippen LogP contribution in [0.5, 0.6) is 0 Å². The zero-order chi connectivity index (χ0) is 10.4. The zero-order valence-corrected chi connectivity index (χ0v) is 9.72. The topological polar surface area (TPSA) is 9.23 Å². The summed E-state index contributed by atoms with van der Waals surface area (Å²) in [5.41, 5.74) is 0.135. The van der Waals surface area contributed by atoms with Crippen molar-refractivity contribution in [3.8, 4) is 0 Å². The van der Waals surface area contributed by atoms with Crippen LogP contribution in [0.25, 0.3) is 0 Å². The molecule has 0 radical (unpaired) electrons. The van der Waals surface area contributed by atoms with Crippen molar-refractivity contribution in [2.24, 2.45) is 5.92 Å². The van der Waals surface area contributed by atoms with E-state index in [0.29, 0.717) is 0 Å². The normalized spacial score (nSPS) is 35.4. The molecule has 0 spiro atoms. The van der Waals surface area contributed by atoms with Crippen molar-refractivity contribution >= 4 is 0 Å². The van der Waals surface area contributed by atoms with Crippen molar-refractivity contribution in [1.29, 1.82) is 0 Å². The third-order valence-corrected chi connectivity index (χ3v) is 3.64. The molecule has 0 heterocycles. The van der Waals surface area contributed by atoms with Gasteiger partial charge in [-0.1, -0.05) is 25.3 Å². The molecule has 0 aromatic carbocycles. The number of methoxy groups -OCH3 is 1. The van der Waals surface area contributed by atoms with Gasteiger partial charge in [-0.15, -0.1) is 6.58 Å². The van der Waals surface area contributed by atoms with Gasteiger partial charge in [0.05, 0.1) is 5.60 Å². The van der Waals surface area contributed by atoms with Gasteiger partial charge in [-0.25, -0.2) is 0 Å². The molecule has 1 saturated carbocycles. The molecule has 0 aromatic heterocycles. The summed E-state index contributed by atoms with van der Waals surface area (Å²) in [6.45, 7) is 6.16. The molecule has 1 aliphatic rings. The van der Waals surface area contributed by atoms with Crippen molar-refractivity contribution in [1.82, 2.24) is 0 Å². The van der Waals surface area contributed by atoms with Crippen molar-refractivity contribution in [2.75, 3.05) is 7.11 Å². The van der Waals surface area contributed by atoms with E-state index < -0.39 is 0 Å². The summed E-state index contributed by atoms with van der Waals surface area (Å²) in [4.78, 5) is 0. The van der Waals surface area contributed by atoms with Crippen LogP contribution in [-0.4, -0.2) is 12.7 Å². The van der Waals surface area contributed by atoms with Gasteiger partial charge in [-0.3, -0.25) is 0 Å². The molecular formula is C13H24O. The van der Waals surface area contributed by atoms with E-state index in [2.05, 4.69) is 19.6 Å². The Labute approximate surface area is 88.5 Å². The molecule has 1 aliphatic carbocycles. The average Bonchev–Trinajstić information content (AvgIpc) is 2.29. The summed E-state index contributed by atoms with van der Waals surface area (Å²) in [5.74, 6) is 0.745. The van der Waals surface area contributed by atoms with Gasteiger partial charge in [0.25, 0.3) is 0 Å². The molecule has 2 atom stereocenters. The first-order chi connectivity index (χ1) is 6.70. The summed E-state index contributed by atoms with van der Waals surface area (Å²) in [6.07, 6.45) is 11.1. The van der Waals surface area contributed by atoms with Crippen LogP contribution in [0.2, 0.25) is 0 Å². The Morgan fingerprint density at radius 1 is 1.21 bits per heavy atom. The summed E-state index contributed by atoms with van der Waals surface area (Å²) in [5, 5.41) is 0. The van der Waals surface area contributed by atoms with Gasteiger partial charge in [0, 0.05) is 7.11 Å². The SMILES string of the molecule is C=CC1CCCCC(C)(OC)CCC1. The van der Waals surface area contributed by atoms with Gasteiger partial charge in [0.15, 0.2) is 0 Å². The smallest absolute Gasteiger partial charge is 0.0650 e. The first-order valence-electron chi connectivity index (χ1n) is 5.88. The maximum Gasteiger partial charge on any atom is 0.0650 e. The number of hydrogen-bond acceptors (Lipinski definition) is 1. The van der Waals surface area contributed by atoms with E-state index in [1.807, 2.05) is 7.11 Å². The van der Waals surface area contributed by atoms with Gasteiger partial charge in [0.1, 0.15) is 0 Å². The first kappa shape index (κ1) is 11.8.